The van der Waals surface area contributed by atoms with Crippen LogP contribution in [0.25, 0.3) is 0 Å². The molecule has 142 valence electrons. The fourth-order valence-electron chi connectivity index (χ4n) is 3.57. The average molecular weight is 436 g/mol. The van der Waals surface area contributed by atoms with Crippen LogP contribution in [0, 0.1) is 17.6 Å². The summed E-state index contributed by atoms with van der Waals surface area (Å²) in [5, 5.41) is 0. The summed E-state index contributed by atoms with van der Waals surface area (Å²) in [5.74, 6) is -0.369. The van der Waals surface area contributed by atoms with Crippen LogP contribution in [0.2, 0.25) is 0 Å². The van der Waals surface area contributed by atoms with Crippen molar-refractivity contribution < 1.29 is 18.3 Å². The molecule has 2 aliphatic rings. The van der Waals surface area contributed by atoms with Crippen molar-refractivity contribution in [3.8, 4) is 11.5 Å². The van der Waals surface area contributed by atoms with Crippen molar-refractivity contribution in [3.63, 3.8) is 0 Å². The molecule has 3 nitrogen and oxygen atoms in total. The van der Waals surface area contributed by atoms with Crippen LogP contribution in [0.3, 0.4) is 0 Å². The zero-order chi connectivity index (χ0) is 19.1. The molecule has 1 heterocycles. The summed E-state index contributed by atoms with van der Waals surface area (Å²) in [6.07, 6.45) is 3.59. The Hall–Kier alpha value is -1.95. The van der Waals surface area contributed by atoms with E-state index in [1.165, 1.54) is 0 Å². The highest BCUT2D eigenvalue weighted by atomic mass is 79.9. The van der Waals surface area contributed by atoms with E-state index in [4.69, 9.17) is 4.74 Å². The van der Waals surface area contributed by atoms with Gasteiger partial charge in [0.2, 0.25) is 0 Å². The average Bonchev–Trinajstić information content (AvgIpc) is 3.47. The minimum absolute atomic E-state index is 0.150. The predicted octanol–water partition coefficient (Wildman–Crippen LogP) is 5.64. The first-order valence-electron chi connectivity index (χ1n) is 9.17. The highest BCUT2D eigenvalue weighted by Gasteiger charge is 2.34. The van der Waals surface area contributed by atoms with Gasteiger partial charge in [-0.1, -0.05) is 0 Å². The molecule has 1 saturated carbocycles. The van der Waals surface area contributed by atoms with E-state index in [1.54, 1.807) is 0 Å². The molecule has 0 radical (unpaired) electrons. The summed E-state index contributed by atoms with van der Waals surface area (Å²) >= 11 is 3.47. The molecule has 27 heavy (non-hydrogen) atoms. The molecule has 0 aromatic heterocycles. The maximum Gasteiger partial charge on any atom is 0.166 e. The van der Waals surface area contributed by atoms with Crippen molar-refractivity contribution >= 4 is 27.4 Å². The lowest BCUT2D eigenvalue weighted by Gasteiger charge is -2.37. The molecule has 1 aliphatic carbocycles. The highest BCUT2D eigenvalue weighted by Crippen LogP contribution is 2.43. The Kier molecular flexibility index (Phi) is 4.93. The van der Waals surface area contributed by atoms with Crippen LogP contribution in [0.15, 0.2) is 34.8 Å². The molecule has 0 spiro atoms. The van der Waals surface area contributed by atoms with Gasteiger partial charge in [-0.15, -0.1) is 0 Å². The number of carbonyl (C=O) groups excluding carboxylic acids is 1. The van der Waals surface area contributed by atoms with Gasteiger partial charge in [0.05, 0.1) is 11.0 Å². The molecule has 0 unspecified atom stereocenters. The standard InChI is InChI=1S/C21H20BrF2NO2/c1-12-2-6-15-18(25(12)11-19(26)13-3-4-13)9-7-16(22)21(15)27-20-10-14(23)5-8-17(20)24/h5,7-10,12-13H,2-4,6,11H2,1H3/t12-/m0/s1. The van der Waals surface area contributed by atoms with Gasteiger partial charge in [0, 0.05) is 29.3 Å². The Morgan fingerprint density at radius 1 is 1.22 bits per heavy atom. The number of benzene rings is 2. The van der Waals surface area contributed by atoms with Crippen molar-refractivity contribution in [2.75, 3.05) is 11.4 Å². The summed E-state index contributed by atoms with van der Waals surface area (Å²) in [6.45, 7) is 2.49. The van der Waals surface area contributed by atoms with Crippen molar-refractivity contribution in [3.05, 3.63) is 52.0 Å². The van der Waals surface area contributed by atoms with E-state index in [0.717, 1.165) is 55.1 Å². The molecule has 2 aromatic carbocycles. The molecule has 0 saturated heterocycles. The number of ether oxygens (including phenoxy) is 1. The highest BCUT2D eigenvalue weighted by molar-refractivity contribution is 9.10. The smallest absolute Gasteiger partial charge is 0.166 e. The van der Waals surface area contributed by atoms with Crippen molar-refractivity contribution in [1.29, 1.82) is 0 Å². The summed E-state index contributed by atoms with van der Waals surface area (Å²) in [5.41, 5.74) is 1.84. The lowest BCUT2D eigenvalue weighted by atomic mass is 9.95. The number of Topliss-reactive ketones (excluding diaryl/α,β-unsaturated/α-hetero) is 1. The van der Waals surface area contributed by atoms with E-state index in [1.807, 2.05) is 12.1 Å². The van der Waals surface area contributed by atoms with Crippen LogP contribution < -0.4 is 9.64 Å². The number of halogens is 3. The first-order chi connectivity index (χ1) is 12.9. The SMILES string of the molecule is C[C@H]1CCc2c(ccc(Br)c2Oc2cc(F)ccc2F)N1CC(=O)C1CC1. The van der Waals surface area contributed by atoms with Gasteiger partial charge in [-0.25, -0.2) is 8.78 Å². The van der Waals surface area contributed by atoms with Gasteiger partial charge in [0.1, 0.15) is 11.6 Å². The van der Waals surface area contributed by atoms with Gasteiger partial charge in [-0.3, -0.25) is 4.79 Å². The van der Waals surface area contributed by atoms with E-state index in [9.17, 15) is 13.6 Å². The number of hydrogen-bond acceptors (Lipinski definition) is 3. The molecule has 0 bridgehead atoms. The molecule has 4 rings (SSSR count). The van der Waals surface area contributed by atoms with Gasteiger partial charge in [0.15, 0.2) is 17.3 Å². The Morgan fingerprint density at radius 3 is 2.74 bits per heavy atom. The van der Waals surface area contributed by atoms with Crippen LogP contribution in [-0.2, 0) is 11.2 Å². The van der Waals surface area contributed by atoms with E-state index in [0.29, 0.717) is 16.8 Å². The lowest BCUT2D eigenvalue weighted by molar-refractivity contribution is -0.119. The van der Waals surface area contributed by atoms with Crippen LogP contribution in [-0.4, -0.2) is 18.4 Å². The topological polar surface area (TPSA) is 29.5 Å². The van der Waals surface area contributed by atoms with Crippen molar-refractivity contribution in [1.82, 2.24) is 0 Å². The number of nitrogens with zero attached hydrogens (tertiary/aromatic N) is 1. The fourth-order valence-corrected chi connectivity index (χ4v) is 4.02. The normalized spacial score (nSPS) is 19.0. The Labute approximate surface area is 165 Å². The number of anilines is 1. The maximum absolute atomic E-state index is 14.1. The first kappa shape index (κ1) is 18.4. The van der Waals surface area contributed by atoms with Crippen molar-refractivity contribution in [2.45, 2.75) is 38.6 Å². The summed E-state index contributed by atoms with van der Waals surface area (Å²) < 4.78 is 34.1. The third-order valence-electron chi connectivity index (χ3n) is 5.31. The lowest BCUT2D eigenvalue weighted by Crippen LogP contribution is -2.41. The Bertz CT molecular complexity index is 898. The molecular weight excluding hydrogens is 416 g/mol. The molecule has 1 aliphatic heterocycles. The number of ketones is 1. The zero-order valence-electron chi connectivity index (χ0n) is 15.0. The number of carbonyl (C=O) groups is 1. The fraction of sp³-hybridized carbons (Fsp3) is 0.381. The van der Waals surface area contributed by atoms with Crippen LogP contribution in [0.1, 0.15) is 31.7 Å². The minimum Gasteiger partial charge on any atom is -0.453 e. The second kappa shape index (κ2) is 7.23. The molecule has 2 aromatic rings. The number of rotatable bonds is 5. The third-order valence-corrected chi connectivity index (χ3v) is 5.93. The molecule has 1 atom stereocenters. The third kappa shape index (κ3) is 3.72. The summed E-state index contributed by atoms with van der Waals surface area (Å²) in [6, 6.07) is 7.18. The molecular formula is C21H20BrF2NO2. The van der Waals surface area contributed by atoms with Gasteiger partial charge < -0.3 is 9.64 Å². The quantitative estimate of drug-likeness (QED) is 0.608. The van der Waals surface area contributed by atoms with E-state index < -0.39 is 11.6 Å². The number of fused-ring (bicyclic) bond motifs is 1. The minimum atomic E-state index is -0.620. The summed E-state index contributed by atoms with van der Waals surface area (Å²) in [7, 11) is 0. The van der Waals surface area contributed by atoms with Crippen LogP contribution in [0.4, 0.5) is 14.5 Å². The second-order valence-corrected chi connectivity index (χ2v) is 8.16. The molecule has 0 N–H and O–H groups in total. The maximum atomic E-state index is 14.1. The Morgan fingerprint density at radius 2 is 2.00 bits per heavy atom. The summed E-state index contributed by atoms with van der Waals surface area (Å²) in [4.78, 5) is 14.5. The molecule has 6 heteroatoms. The predicted molar refractivity (Wildman–Crippen MR) is 103 cm³/mol. The number of hydrogen-bond donors (Lipinski definition) is 0. The van der Waals surface area contributed by atoms with Crippen molar-refractivity contribution in [2.24, 2.45) is 5.92 Å². The first-order valence-corrected chi connectivity index (χ1v) is 9.97. The van der Waals surface area contributed by atoms with E-state index in [2.05, 4.69) is 27.8 Å². The van der Waals surface area contributed by atoms with E-state index >= 15 is 0 Å². The largest absolute Gasteiger partial charge is 0.453 e. The van der Waals surface area contributed by atoms with Gasteiger partial charge in [0.25, 0.3) is 0 Å². The van der Waals surface area contributed by atoms with Gasteiger partial charge in [-0.05, 0) is 72.8 Å². The second-order valence-electron chi connectivity index (χ2n) is 7.31. The Balaban J connectivity index is 1.70. The van der Waals surface area contributed by atoms with Crippen LogP contribution in [0.5, 0.6) is 11.5 Å². The van der Waals surface area contributed by atoms with Gasteiger partial charge in [-0.2, -0.15) is 0 Å². The monoisotopic (exact) mass is 435 g/mol. The zero-order valence-corrected chi connectivity index (χ0v) is 16.6. The van der Waals surface area contributed by atoms with Crippen LogP contribution >= 0.6 is 15.9 Å². The van der Waals surface area contributed by atoms with Gasteiger partial charge >= 0.3 is 0 Å². The van der Waals surface area contributed by atoms with E-state index in [-0.39, 0.29) is 23.5 Å². The molecule has 0 amide bonds. The molecule has 1 fully saturated rings.